The average molecular weight is 658 g/mol. The van der Waals surface area contributed by atoms with Crippen LogP contribution in [0.1, 0.15) is 24.0 Å². The number of rotatable bonds is 19. The SMILES string of the molecule is NC(=O)C(Cc1ccc(O)c([N+](=O)[O-])c1)NC(=O)CCC(=O)NCCOCCOCCNC(=O)Cc1cc(=O)oc2cc(O)ccc12. The molecule has 0 aliphatic heterocycles. The quantitative estimate of drug-likeness (QED) is 0.0428. The van der Waals surface area contributed by atoms with E-state index < -0.39 is 45.7 Å². The van der Waals surface area contributed by atoms with Gasteiger partial charge in [0.25, 0.3) is 0 Å². The van der Waals surface area contributed by atoms with Crippen molar-refractivity contribution in [2.45, 2.75) is 31.7 Å². The minimum atomic E-state index is -1.18. The summed E-state index contributed by atoms with van der Waals surface area (Å²) in [6.45, 7) is 1.25. The van der Waals surface area contributed by atoms with Crippen molar-refractivity contribution in [3.8, 4) is 11.5 Å². The van der Waals surface area contributed by atoms with Crippen LogP contribution in [0.25, 0.3) is 11.0 Å². The zero-order valence-electron chi connectivity index (χ0n) is 25.2. The molecule has 47 heavy (non-hydrogen) atoms. The van der Waals surface area contributed by atoms with Crippen LogP contribution in [0.2, 0.25) is 0 Å². The van der Waals surface area contributed by atoms with Crippen LogP contribution in [0.4, 0.5) is 5.69 Å². The lowest BCUT2D eigenvalue weighted by molar-refractivity contribution is -0.385. The van der Waals surface area contributed by atoms with E-state index in [0.717, 1.165) is 12.1 Å². The standard InChI is InChI=1S/C30H35N5O12/c31-30(42)22(13-18-1-4-24(37)23(14-18)35(43)44)34-27(39)6-5-26(38)32-7-9-45-11-12-46-10-8-33-28(40)15-19-16-29(41)47-25-17-20(36)2-3-21(19)25/h1-4,14,16-17,22,36-37H,5-13,15H2,(H2,31,42)(H,32,38)(H,33,40)(H,34,39). The number of primary amides is 1. The number of nitrogens with zero attached hydrogens (tertiary/aromatic N) is 1. The molecule has 17 nitrogen and oxygen atoms in total. The zero-order chi connectivity index (χ0) is 34.3. The molecule has 1 heterocycles. The second-order valence-corrected chi connectivity index (χ2v) is 10.2. The van der Waals surface area contributed by atoms with Crippen molar-refractivity contribution in [3.63, 3.8) is 0 Å². The van der Waals surface area contributed by atoms with E-state index in [-0.39, 0.29) is 82.4 Å². The Balaban J connectivity index is 1.23. The molecule has 1 aromatic heterocycles. The zero-order valence-corrected chi connectivity index (χ0v) is 25.2. The maximum absolute atomic E-state index is 12.3. The summed E-state index contributed by atoms with van der Waals surface area (Å²) in [5.74, 6) is -2.85. The van der Waals surface area contributed by atoms with E-state index in [0.29, 0.717) is 16.5 Å². The normalized spacial score (nSPS) is 11.5. The van der Waals surface area contributed by atoms with Gasteiger partial charge in [-0.2, -0.15) is 0 Å². The number of aromatic hydroxyl groups is 2. The number of nitrogens with two attached hydrogens (primary N) is 1. The Morgan fingerprint density at radius 1 is 0.894 bits per heavy atom. The fourth-order valence-corrected chi connectivity index (χ4v) is 4.33. The Labute approximate surface area is 267 Å². The van der Waals surface area contributed by atoms with Crippen LogP contribution in [0.15, 0.2) is 51.7 Å². The number of nitrogens with one attached hydrogen (secondary N) is 3. The smallest absolute Gasteiger partial charge is 0.336 e. The van der Waals surface area contributed by atoms with Crippen LogP contribution in [-0.4, -0.2) is 84.3 Å². The minimum absolute atomic E-state index is 0.0597. The third-order valence-corrected chi connectivity index (χ3v) is 6.61. The van der Waals surface area contributed by atoms with E-state index >= 15 is 0 Å². The number of ether oxygens (including phenoxy) is 2. The van der Waals surface area contributed by atoms with Gasteiger partial charge in [0.15, 0.2) is 5.75 Å². The first-order valence-electron chi connectivity index (χ1n) is 14.4. The number of phenols is 2. The van der Waals surface area contributed by atoms with E-state index in [2.05, 4.69) is 16.0 Å². The van der Waals surface area contributed by atoms with E-state index in [1.54, 1.807) is 6.07 Å². The molecule has 0 spiro atoms. The van der Waals surface area contributed by atoms with Gasteiger partial charge in [-0.1, -0.05) is 6.07 Å². The predicted molar refractivity (Wildman–Crippen MR) is 164 cm³/mol. The summed E-state index contributed by atoms with van der Waals surface area (Å²) in [5.41, 5.74) is 5.11. The number of benzene rings is 2. The minimum Gasteiger partial charge on any atom is -0.508 e. The maximum atomic E-state index is 12.3. The van der Waals surface area contributed by atoms with Crippen LogP contribution in [0.5, 0.6) is 11.5 Å². The van der Waals surface area contributed by atoms with Gasteiger partial charge in [0.1, 0.15) is 17.4 Å². The highest BCUT2D eigenvalue weighted by Crippen LogP contribution is 2.27. The van der Waals surface area contributed by atoms with Gasteiger partial charge in [-0.15, -0.1) is 0 Å². The molecular formula is C30H35N5O12. The van der Waals surface area contributed by atoms with E-state index in [1.165, 1.54) is 24.3 Å². The summed E-state index contributed by atoms with van der Waals surface area (Å²) in [7, 11) is 0. The molecule has 0 aliphatic rings. The van der Waals surface area contributed by atoms with Crippen LogP contribution in [0.3, 0.4) is 0 Å². The van der Waals surface area contributed by atoms with Crippen molar-refractivity contribution in [2.75, 3.05) is 39.5 Å². The highest BCUT2D eigenvalue weighted by Gasteiger charge is 2.21. The first kappa shape index (κ1) is 35.9. The Bertz CT molecular complexity index is 1660. The molecule has 0 fully saturated rings. The second kappa shape index (κ2) is 17.8. The Hall–Kier alpha value is -5.55. The number of nitro benzene ring substituents is 1. The second-order valence-electron chi connectivity index (χ2n) is 10.2. The molecule has 1 atom stereocenters. The molecule has 0 radical (unpaired) electrons. The largest absolute Gasteiger partial charge is 0.508 e. The Morgan fingerprint density at radius 3 is 2.21 bits per heavy atom. The highest BCUT2D eigenvalue weighted by atomic mass is 16.6. The number of carbonyl (C=O) groups is 4. The van der Waals surface area contributed by atoms with Gasteiger partial charge >= 0.3 is 11.3 Å². The van der Waals surface area contributed by atoms with Crippen molar-refractivity contribution in [2.24, 2.45) is 5.73 Å². The van der Waals surface area contributed by atoms with Crippen LogP contribution >= 0.6 is 0 Å². The van der Waals surface area contributed by atoms with Gasteiger partial charge in [-0.05, 0) is 29.3 Å². The molecule has 7 N–H and O–H groups in total. The highest BCUT2D eigenvalue weighted by molar-refractivity contribution is 5.89. The van der Waals surface area contributed by atoms with Crippen molar-refractivity contribution >= 4 is 40.3 Å². The first-order valence-corrected chi connectivity index (χ1v) is 14.4. The van der Waals surface area contributed by atoms with Crippen molar-refractivity contribution in [3.05, 3.63) is 74.1 Å². The maximum Gasteiger partial charge on any atom is 0.336 e. The molecule has 17 heteroatoms. The predicted octanol–water partition coefficient (Wildman–Crippen LogP) is -0.0865. The number of carbonyl (C=O) groups excluding carboxylic acids is 4. The molecule has 4 amide bonds. The van der Waals surface area contributed by atoms with Gasteiger partial charge in [0.05, 0.1) is 37.8 Å². The van der Waals surface area contributed by atoms with E-state index in [4.69, 9.17) is 19.6 Å². The molecule has 0 saturated carbocycles. The lowest BCUT2D eigenvalue weighted by Crippen LogP contribution is -2.46. The van der Waals surface area contributed by atoms with Gasteiger partial charge in [0, 0.05) is 55.9 Å². The van der Waals surface area contributed by atoms with E-state index in [9.17, 15) is 44.3 Å². The van der Waals surface area contributed by atoms with Gasteiger partial charge in [-0.3, -0.25) is 29.3 Å². The lowest BCUT2D eigenvalue weighted by atomic mass is 10.0. The molecule has 252 valence electrons. The number of phenolic OH excluding ortho intramolecular Hbond substituents is 2. The topological polar surface area (TPSA) is 263 Å². The number of nitro groups is 1. The summed E-state index contributed by atoms with van der Waals surface area (Å²) < 4.78 is 15.8. The molecule has 2 aromatic carbocycles. The third kappa shape index (κ3) is 12.0. The van der Waals surface area contributed by atoms with Crippen LogP contribution in [0, 0.1) is 10.1 Å². The lowest BCUT2D eigenvalue weighted by Gasteiger charge is -2.15. The number of fused-ring (bicyclic) bond motifs is 1. The molecule has 3 rings (SSSR count). The van der Waals surface area contributed by atoms with Crippen LogP contribution in [-0.2, 0) is 41.5 Å². The van der Waals surface area contributed by atoms with Crippen molar-refractivity contribution in [1.29, 1.82) is 0 Å². The number of hydrogen-bond acceptors (Lipinski definition) is 12. The van der Waals surface area contributed by atoms with E-state index in [1.807, 2.05) is 0 Å². The Morgan fingerprint density at radius 2 is 1.55 bits per heavy atom. The van der Waals surface area contributed by atoms with Crippen LogP contribution < -0.4 is 27.3 Å². The van der Waals surface area contributed by atoms with Gasteiger partial charge in [-0.25, -0.2) is 4.79 Å². The molecule has 3 aromatic rings. The molecule has 0 bridgehead atoms. The number of amides is 4. The number of hydrogen-bond donors (Lipinski definition) is 6. The molecule has 0 saturated heterocycles. The summed E-state index contributed by atoms with van der Waals surface area (Å²) in [6.07, 6.45) is -0.618. The fourth-order valence-electron chi connectivity index (χ4n) is 4.33. The fraction of sp³-hybridized carbons (Fsp3) is 0.367. The van der Waals surface area contributed by atoms with Crippen molar-refractivity contribution in [1.82, 2.24) is 16.0 Å². The molecular weight excluding hydrogens is 622 g/mol. The summed E-state index contributed by atoms with van der Waals surface area (Å²) in [4.78, 5) is 70.4. The monoisotopic (exact) mass is 657 g/mol. The summed E-state index contributed by atoms with van der Waals surface area (Å²) in [6, 6.07) is 7.89. The Kier molecular flexibility index (Phi) is 13.6. The van der Waals surface area contributed by atoms with Gasteiger partial charge < -0.3 is 45.8 Å². The molecule has 0 aliphatic carbocycles. The summed E-state index contributed by atoms with van der Waals surface area (Å²) in [5, 5.41) is 38.4. The first-order chi connectivity index (χ1) is 22.4. The average Bonchev–Trinajstić information content (AvgIpc) is 3.00. The summed E-state index contributed by atoms with van der Waals surface area (Å²) >= 11 is 0. The third-order valence-electron chi connectivity index (χ3n) is 6.61. The van der Waals surface area contributed by atoms with Gasteiger partial charge in [0.2, 0.25) is 23.6 Å². The van der Waals surface area contributed by atoms with Crippen molar-refractivity contribution < 1.29 is 48.2 Å². The molecule has 1 unspecified atom stereocenters.